The highest BCUT2D eigenvalue weighted by Crippen LogP contribution is 2.26. The number of ketones is 1. The number of Topliss-reactive ketones (excluding diaryl/α,β-unsaturated/α-hetero) is 1. The molecule has 0 aliphatic heterocycles. The third-order valence-electron chi connectivity index (χ3n) is 6.47. The van der Waals surface area contributed by atoms with Gasteiger partial charge in [-0.25, -0.2) is 4.79 Å². The average molecular weight is 515 g/mol. The van der Waals surface area contributed by atoms with Gasteiger partial charge in [-0.2, -0.15) is 4.68 Å². The smallest absolute Gasteiger partial charge is 0.437 e. The summed E-state index contributed by atoms with van der Waals surface area (Å²) in [6.45, 7) is 8.07. The molecule has 10 heteroatoms. The van der Waals surface area contributed by atoms with E-state index in [9.17, 15) is 19.2 Å². The second-order valence-electron chi connectivity index (χ2n) is 10.5. The number of nitrogens with zero attached hydrogens (tertiary/aromatic N) is 2. The first kappa shape index (κ1) is 28.1. The molecule has 1 saturated carbocycles. The zero-order chi connectivity index (χ0) is 27.1. The van der Waals surface area contributed by atoms with Crippen LogP contribution in [0.2, 0.25) is 0 Å². The second kappa shape index (κ2) is 12.7. The van der Waals surface area contributed by atoms with Crippen molar-refractivity contribution < 1.29 is 23.5 Å². The Morgan fingerprint density at radius 3 is 2.38 bits per heavy atom. The van der Waals surface area contributed by atoms with Crippen LogP contribution in [0.4, 0.5) is 0 Å². The van der Waals surface area contributed by atoms with E-state index in [1.54, 1.807) is 31.4 Å². The minimum atomic E-state index is -0.891. The fraction of sp³-hybridized carbons (Fsp3) is 0.593. The molecule has 0 saturated heterocycles. The van der Waals surface area contributed by atoms with E-state index in [0.29, 0.717) is 37.1 Å². The third kappa shape index (κ3) is 7.53. The Bertz CT molecular complexity index is 1130. The number of hydrogen-bond acceptors (Lipinski definition) is 7. The Morgan fingerprint density at radius 1 is 1.08 bits per heavy atom. The van der Waals surface area contributed by atoms with Crippen LogP contribution in [0.5, 0.6) is 5.75 Å². The van der Waals surface area contributed by atoms with E-state index in [1.165, 1.54) is 0 Å². The molecule has 1 aliphatic rings. The molecule has 0 unspecified atom stereocenters. The fourth-order valence-corrected chi connectivity index (χ4v) is 4.61. The zero-order valence-corrected chi connectivity index (χ0v) is 22.3. The molecule has 1 fully saturated rings. The number of ether oxygens (including phenoxy) is 1. The minimum Gasteiger partial charge on any atom is -0.497 e. The van der Waals surface area contributed by atoms with Crippen molar-refractivity contribution in [3.8, 4) is 5.75 Å². The van der Waals surface area contributed by atoms with Crippen LogP contribution >= 0.6 is 0 Å². The molecule has 2 N–H and O–H groups in total. The summed E-state index contributed by atoms with van der Waals surface area (Å²) in [5.41, 5.74) is 0.477. The number of aromatic nitrogens is 2. The SMILES string of the molecule is COc1ccc(C(=O)N[C@H]2CCCC[C@H]2C(=O)N[C@@H](CC(C)C)C(=O)c2nn(CC(C)C)c(=O)o2)cc1. The van der Waals surface area contributed by atoms with E-state index < -0.39 is 23.5 Å². The lowest BCUT2D eigenvalue weighted by atomic mass is 9.83. The summed E-state index contributed by atoms with van der Waals surface area (Å²) in [4.78, 5) is 51.7. The number of benzene rings is 1. The minimum absolute atomic E-state index is 0.0932. The van der Waals surface area contributed by atoms with Gasteiger partial charge in [0.2, 0.25) is 11.7 Å². The van der Waals surface area contributed by atoms with Gasteiger partial charge in [0.25, 0.3) is 11.8 Å². The van der Waals surface area contributed by atoms with Crippen molar-refractivity contribution in [2.75, 3.05) is 7.11 Å². The lowest BCUT2D eigenvalue weighted by molar-refractivity contribution is -0.127. The number of hydrogen-bond donors (Lipinski definition) is 2. The number of nitrogens with one attached hydrogen (secondary N) is 2. The standard InChI is InChI=1S/C27H38N4O6/c1-16(2)14-22(23(32)26-30-31(15-17(3)4)27(35)37-26)29-25(34)20-8-6-7-9-21(20)28-24(33)18-10-12-19(36-5)13-11-18/h10-13,16-17,20-22H,6-9,14-15H2,1-5H3,(H,28,33)(H,29,34)/t20-,21+,22+/m1/s1. The highest BCUT2D eigenvalue weighted by atomic mass is 16.5. The second-order valence-corrected chi connectivity index (χ2v) is 10.5. The van der Waals surface area contributed by atoms with Gasteiger partial charge in [0.05, 0.1) is 25.6 Å². The molecule has 2 amide bonds. The molecule has 1 aromatic heterocycles. The molecule has 0 spiro atoms. The molecule has 3 atom stereocenters. The van der Waals surface area contributed by atoms with E-state index in [4.69, 9.17) is 9.15 Å². The van der Waals surface area contributed by atoms with Crippen molar-refractivity contribution in [2.45, 2.75) is 78.4 Å². The quantitative estimate of drug-likeness (QED) is 0.440. The summed E-state index contributed by atoms with van der Waals surface area (Å²) < 4.78 is 11.4. The molecular formula is C27H38N4O6. The first-order valence-corrected chi connectivity index (χ1v) is 13.0. The molecule has 1 heterocycles. The van der Waals surface area contributed by atoms with Gasteiger partial charge in [0, 0.05) is 11.6 Å². The number of methoxy groups -OCH3 is 1. The molecule has 1 aliphatic carbocycles. The van der Waals surface area contributed by atoms with E-state index in [1.807, 2.05) is 27.7 Å². The topological polar surface area (TPSA) is 133 Å². The van der Waals surface area contributed by atoms with Gasteiger partial charge in [-0.1, -0.05) is 40.5 Å². The Kier molecular flexibility index (Phi) is 9.66. The predicted molar refractivity (Wildman–Crippen MR) is 138 cm³/mol. The molecule has 0 radical (unpaired) electrons. The Hall–Kier alpha value is -3.43. The van der Waals surface area contributed by atoms with Crippen molar-refractivity contribution in [1.82, 2.24) is 20.4 Å². The van der Waals surface area contributed by atoms with Crippen molar-refractivity contribution in [1.29, 1.82) is 0 Å². The van der Waals surface area contributed by atoms with Crippen LogP contribution in [0.3, 0.4) is 0 Å². The van der Waals surface area contributed by atoms with Crippen LogP contribution in [-0.4, -0.2) is 46.6 Å². The van der Waals surface area contributed by atoms with Gasteiger partial charge in [-0.05, 0) is 55.4 Å². The number of rotatable bonds is 11. The molecular weight excluding hydrogens is 476 g/mol. The predicted octanol–water partition coefficient (Wildman–Crippen LogP) is 3.20. The first-order valence-electron chi connectivity index (χ1n) is 13.0. The molecule has 0 bridgehead atoms. The van der Waals surface area contributed by atoms with E-state index in [0.717, 1.165) is 17.5 Å². The number of amides is 2. The maximum Gasteiger partial charge on any atom is 0.437 e. The molecule has 3 rings (SSSR count). The van der Waals surface area contributed by atoms with Crippen molar-refractivity contribution in [3.05, 3.63) is 46.3 Å². The summed E-state index contributed by atoms with van der Waals surface area (Å²) in [6, 6.07) is 5.52. The van der Waals surface area contributed by atoms with Gasteiger partial charge < -0.3 is 19.8 Å². The van der Waals surface area contributed by atoms with Crippen molar-refractivity contribution in [2.24, 2.45) is 17.8 Å². The van der Waals surface area contributed by atoms with Gasteiger partial charge in [0.15, 0.2) is 0 Å². The van der Waals surface area contributed by atoms with Gasteiger partial charge in [0.1, 0.15) is 5.75 Å². The molecule has 37 heavy (non-hydrogen) atoms. The maximum atomic E-state index is 13.4. The summed E-state index contributed by atoms with van der Waals surface area (Å²) in [5.74, 6) is -1.69. The zero-order valence-electron chi connectivity index (χ0n) is 22.3. The molecule has 10 nitrogen and oxygen atoms in total. The van der Waals surface area contributed by atoms with Crippen LogP contribution in [0.1, 0.15) is 80.8 Å². The largest absolute Gasteiger partial charge is 0.497 e. The van der Waals surface area contributed by atoms with Gasteiger partial charge in [-0.15, -0.1) is 5.10 Å². The number of carbonyl (C=O) groups excluding carboxylic acids is 3. The van der Waals surface area contributed by atoms with Crippen molar-refractivity contribution >= 4 is 17.6 Å². The highest BCUT2D eigenvalue weighted by molar-refractivity contribution is 5.99. The highest BCUT2D eigenvalue weighted by Gasteiger charge is 2.35. The van der Waals surface area contributed by atoms with Crippen LogP contribution in [0.15, 0.2) is 33.5 Å². The normalized spacial score (nSPS) is 18.5. The summed E-state index contributed by atoms with van der Waals surface area (Å²) in [6.07, 6.45) is 3.37. The van der Waals surface area contributed by atoms with Gasteiger partial charge in [-0.3, -0.25) is 14.4 Å². The van der Waals surface area contributed by atoms with E-state index in [2.05, 4.69) is 15.7 Å². The maximum absolute atomic E-state index is 13.4. The van der Waals surface area contributed by atoms with Gasteiger partial charge >= 0.3 is 5.76 Å². The third-order valence-corrected chi connectivity index (χ3v) is 6.47. The Balaban J connectivity index is 1.73. The monoisotopic (exact) mass is 514 g/mol. The Labute approximate surface area is 217 Å². The first-order chi connectivity index (χ1) is 17.6. The molecule has 1 aromatic carbocycles. The van der Waals surface area contributed by atoms with E-state index in [-0.39, 0.29) is 35.6 Å². The van der Waals surface area contributed by atoms with Crippen LogP contribution < -0.4 is 21.1 Å². The number of carbonyl (C=O) groups is 3. The lowest BCUT2D eigenvalue weighted by Gasteiger charge is -2.32. The average Bonchev–Trinajstić information content (AvgIpc) is 3.22. The fourth-order valence-electron chi connectivity index (χ4n) is 4.61. The summed E-state index contributed by atoms with van der Waals surface area (Å²) in [5, 5.41) is 9.95. The summed E-state index contributed by atoms with van der Waals surface area (Å²) in [7, 11) is 1.56. The Morgan fingerprint density at radius 2 is 1.76 bits per heavy atom. The van der Waals surface area contributed by atoms with Crippen molar-refractivity contribution in [3.63, 3.8) is 0 Å². The summed E-state index contributed by atoms with van der Waals surface area (Å²) >= 11 is 0. The molecule has 2 aromatic rings. The lowest BCUT2D eigenvalue weighted by Crippen LogP contribution is -2.52. The van der Waals surface area contributed by atoms with Crippen LogP contribution in [0.25, 0.3) is 0 Å². The van der Waals surface area contributed by atoms with Crippen LogP contribution in [0, 0.1) is 17.8 Å². The van der Waals surface area contributed by atoms with E-state index >= 15 is 0 Å². The van der Waals surface area contributed by atoms with Crippen LogP contribution in [-0.2, 0) is 11.3 Å². The molecule has 202 valence electrons.